The molecule has 0 aliphatic heterocycles. The van der Waals surface area contributed by atoms with Crippen molar-refractivity contribution in [2.45, 2.75) is 31.1 Å². The molecular formula is C14H21F2NO3S. The predicted octanol–water partition coefficient (Wildman–Crippen LogP) is 1.59. The van der Waals surface area contributed by atoms with Crippen molar-refractivity contribution in [1.29, 1.82) is 0 Å². The summed E-state index contributed by atoms with van der Waals surface area (Å²) in [5.74, 6) is -1.57. The molecule has 1 atom stereocenters. The molecule has 1 unspecified atom stereocenters. The lowest BCUT2D eigenvalue weighted by molar-refractivity contribution is 0.0528. The molecule has 0 aromatic heterocycles. The molecule has 4 nitrogen and oxygen atoms in total. The summed E-state index contributed by atoms with van der Waals surface area (Å²) in [5, 5.41) is 13.1. The average molecular weight is 321 g/mol. The molecule has 0 aliphatic carbocycles. The number of hydrogen-bond donors (Lipinski definition) is 2. The van der Waals surface area contributed by atoms with Crippen molar-refractivity contribution < 1.29 is 22.3 Å². The first-order valence-corrected chi connectivity index (χ1v) is 8.34. The molecule has 0 saturated carbocycles. The van der Waals surface area contributed by atoms with E-state index >= 15 is 0 Å². The maximum atomic E-state index is 13.7. The van der Waals surface area contributed by atoms with Crippen molar-refractivity contribution in [3.63, 3.8) is 0 Å². The molecule has 0 saturated heterocycles. The van der Waals surface area contributed by atoms with Gasteiger partial charge >= 0.3 is 0 Å². The second-order valence-electron chi connectivity index (χ2n) is 6.03. The van der Waals surface area contributed by atoms with Gasteiger partial charge in [-0.3, -0.25) is 0 Å². The first-order chi connectivity index (χ1) is 9.37. The molecular weight excluding hydrogens is 300 g/mol. The Balaban J connectivity index is 2.78. The Bertz CT molecular complexity index is 613. The highest BCUT2D eigenvalue weighted by molar-refractivity contribution is 7.92. The first kappa shape index (κ1) is 18.0. The Labute approximate surface area is 124 Å². The van der Waals surface area contributed by atoms with E-state index in [0.29, 0.717) is 6.07 Å². The Morgan fingerprint density at radius 1 is 1.19 bits per heavy atom. The maximum Gasteiger partial charge on any atom is 0.153 e. The zero-order valence-electron chi connectivity index (χ0n) is 12.6. The van der Waals surface area contributed by atoms with Gasteiger partial charge < -0.3 is 10.4 Å². The molecule has 7 heteroatoms. The molecule has 0 aliphatic rings. The largest absolute Gasteiger partial charge is 0.384 e. The van der Waals surface area contributed by atoms with Gasteiger partial charge in [-0.1, -0.05) is 6.07 Å². The van der Waals surface area contributed by atoms with E-state index in [4.69, 9.17) is 0 Å². The second-order valence-corrected chi connectivity index (χ2v) is 8.68. The highest BCUT2D eigenvalue weighted by Crippen LogP contribution is 2.24. The van der Waals surface area contributed by atoms with Crippen LogP contribution in [-0.4, -0.2) is 37.6 Å². The maximum absolute atomic E-state index is 13.7. The third kappa shape index (κ3) is 4.46. The van der Waals surface area contributed by atoms with E-state index in [2.05, 4.69) is 5.32 Å². The van der Waals surface area contributed by atoms with Crippen LogP contribution in [0, 0.1) is 11.6 Å². The summed E-state index contributed by atoms with van der Waals surface area (Å²) in [4.78, 5) is 0. The number of hydrogen-bond acceptors (Lipinski definition) is 4. The number of aliphatic hydroxyl groups is 1. The summed E-state index contributed by atoms with van der Waals surface area (Å²) in [7, 11) is -3.27. The van der Waals surface area contributed by atoms with Crippen LogP contribution in [0.3, 0.4) is 0 Å². The van der Waals surface area contributed by atoms with Crippen molar-refractivity contribution >= 4 is 9.84 Å². The molecule has 1 aromatic carbocycles. The fourth-order valence-corrected chi connectivity index (χ4v) is 2.12. The summed E-state index contributed by atoms with van der Waals surface area (Å²) in [6.45, 7) is 4.54. The molecule has 120 valence electrons. The molecule has 0 spiro atoms. The van der Waals surface area contributed by atoms with E-state index in [1.807, 2.05) is 0 Å². The number of rotatable bonds is 6. The minimum absolute atomic E-state index is 0.0476. The molecule has 0 fully saturated rings. The van der Waals surface area contributed by atoms with Crippen LogP contribution in [0.2, 0.25) is 0 Å². The average Bonchev–Trinajstić information content (AvgIpc) is 2.25. The van der Waals surface area contributed by atoms with Gasteiger partial charge in [0.15, 0.2) is 9.84 Å². The summed E-state index contributed by atoms with van der Waals surface area (Å²) >= 11 is 0. The monoisotopic (exact) mass is 321 g/mol. The summed E-state index contributed by atoms with van der Waals surface area (Å²) < 4.78 is 48.7. The van der Waals surface area contributed by atoms with Gasteiger partial charge in [0.2, 0.25) is 0 Å². The lowest BCUT2D eigenvalue weighted by Gasteiger charge is -2.28. The standard InChI is InChI=1S/C14H21F2NO3S/c1-13(2,21(4,19)20)8-17-9-14(3,18)11-6-5-10(15)7-12(11)16/h5-7,17-18H,8-9H2,1-4H3. The van der Waals surface area contributed by atoms with Crippen LogP contribution in [0.15, 0.2) is 18.2 Å². The van der Waals surface area contributed by atoms with Crippen molar-refractivity contribution in [1.82, 2.24) is 5.32 Å². The lowest BCUT2D eigenvalue weighted by Crippen LogP contribution is -2.46. The van der Waals surface area contributed by atoms with E-state index in [0.717, 1.165) is 12.3 Å². The van der Waals surface area contributed by atoms with Gasteiger partial charge in [-0.15, -0.1) is 0 Å². The Morgan fingerprint density at radius 2 is 1.76 bits per heavy atom. The van der Waals surface area contributed by atoms with Crippen molar-refractivity contribution in [3.05, 3.63) is 35.4 Å². The lowest BCUT2D eigenvalue weighted by atomic mass is 9.95. The molecule has 0 heterocycles. The van der Waals surface area contributed by atoms with Gasteiger partial charge in [0.1, 0.15) is 17.2 Å². The van der Waals surface area contributed by atoms with E-state index in [1.54, 1.807) is 13.8 Å². The summed E-state index contributed by atoms with van der Waals surface area (Å²) in [5.41, 5.74) is -1.63. The quantitative estimate of drug-likeness (QED) is 0.835. The zero-order valence-corrected chi connectivity index (χ0v) is 13.4. The van der Waals surface area contributed by atoms with Crippen LogP contribution in [0.1, 0.15) is 26.3 Å². The fraction of sp³-hybridized carbons (Fsp3) is 0.571. The molecule has 0 amide bonds. The minimum Gasteiger partial charge on any atom is -0.384 e. The smallest absolute Gasteiger partial charge is 0.153 e. The molecule has 0 radical (unpaired) electrons. The number of benzene rings is 1. The third-order valence-electron chi connectivity index (χ3n) is 3.54. The Kier molecular flexibility index (Phi) is 5.13. The van der Waals surface area contributed by atoms with E-state index in [-0.39, 0.29) is 18.7 Å². The summed E-state index contributed by atoms with van der Waals surface area (Å²) in [6, 6.07) is 2.94. The highest BCUT2D eigenvalue weighted by atomic mass is 32.2. The van der Waals surface area contributed by atoms with Gasteiger partial charge in [0, 0.05) is 31.0 Å². The van der Waals surface area contributed by atoms with E-state index in [1.165, 1.54) is 13.0 Å². The SMILES string of the molecule is CC(O)(CNCC(C)(C)S(C)(=O)=O)c1ccc(F)cc1F. The molecule has 1 aromatic rings. The summed E-state index contributed by atoms with van der Waals surface area (Å²) in [6.07, 6.45) is 1.13. The van der Waals surface area contributed by atoms with Gasteiger partial charge in [0.25, 0.3) is 0 Å². The van der Waals surface area contributed by atoms with Gasteiger partial charge in [0.05, 0.1) is 4.75 Å². The molecule has 0 bridgehead atoms. The second kappa shape index (κ2) is 5.98. The van der Waals surface area contributed by atoms with E-state index < -0.39 is 31.8 Å². The fourth-order valence-electron chi connectivity index (χ4n) is 1.76. The molecule has 1 rings (SSSR count). The number of halogens is 2. The Morgan fingerprint density at radius 3 is 2.24 bits per heavy atom. The highest BCUT2D eigenvalue weighted by Gasteiger charge is 2.32. The van der Waals surface area contributed by atoms with Gasteiger partial charge in [-0.25, -0.2) is 17.2 Å². The van der Waals surface area contributed by atoms with Crippen LogP contribution >= 0.6 is 0 Å². The zero-order chi connectivity index (χ0) is 16.5. The minimum atomic E-state index is -3.27. The normalized spacial score (nSPS) is 15.8. The molecule has 21 heavy (non-hydrogen) atoms. The van der Waals surface area contributed by atoms with Crippen LogP contribution in [0.25, 0.3) is 0 Å². The van der Waals surface area contributed by atoms with E-state index in [9.17, 15) is 22.3 Å². The van der Waals surface area contributed by atoms with Crippen LogP contribution in [-0.2, 0) is 15.4 Å². The number of nitrogens with one attached hydrogen (secondary N) is 1. The predicted molar refractivity (Wildman–Crippen MR) is 77.7 cm³/mol. The van der Waals surface area contributed by atoms with Crippen molar-refractivity contribution in [2.24, 2.45) is 0 Å². The number of sulfone groups is 1. The third-order valence-corrected chi connectivity index (χ3v) is 5.69. The van der Waals surface area contributed by atoms with Gasteiger partial charge in [-0.05, 0) is 26.8 Å². The van der Waals surface area contributed by atoms with Crippen LogP contribution < -0.4 is 5.32 Å². The van der Waals surface area contributed by atoms with Crippen LogP contribution in [0.4, 0.5) is 8.78 Å². The Hall–Kier alpha value is -1.05. The molecule has 2 N–H and O–H groups in total. The van der Waals surface area contributed by atoms with Crippen LogP contribution in [0.5, 0.6) is 0 Å². The first-order valence-electron chi connectivity index (χ1n) is 6.45. The van der Waals surface area contributed by atoms with Crippen molar-refractivity contribution in [2.75, 3.05) is 19.3 Å². The topological polar surface area (TPSA) is 66.4 Å². The van der Waals surface area contributed by atoms with Crippen molar-refractivity contribution in [3.8, 4) is 0 Å². The van der Waals surface area contributed by atoms with Gasteiger partial charge in [-0.2, -0.15) is 0 Å².